The van der Waals surface area contributed by atoms with Gasteiger partial charge in [-0.2, -0.15) is 26.3 Å². The first-order valence-electron chi connectivity index (χ1n) is 10.8. The van der Waals surface area contributed by atoms with Crippen LogP contribution in [0.15, 0.2) is 47.6 Å². The summed E-state index contributed by atoms with van der Waals surface area (Å²) in [5.74, 6) is -1.52. The summed E-state index contributed by atoms with van der Waals surface area (Å²) in [5.41, 5.74) is -7.53. The van der Waals surface area contributed by atoms with E-state index in [9.17, 15) is 39.6 Å². The summed E-state index contributed by atoms with van der Waals surface area (Å²) in [5, 5.41) is 2.71. The van der Waals surface area contributed by atoms with Crippen molar-refractivity contribution in [2.45, 2.75) is 30.0 Å². The average molecular weight is 587 g/mol. The highest BCUT2D eigenvalue weighted by Crippen LogP contribution is 2.50. The minimum absolute atomic E-state index is 0.0961. The van der Waals surface area contributed by atoms with Crippen molar-refractivity contribution >= 4 is 33.1 Å². The number of carbonyl (C=O) groups is 1. The van der Waals surface area contributed by atoms with Gasteiger partial charge in [0.15, 0.2) is 15.5 Å². The molecule has 4 rings (SSSR count). The van der Waals surface area contributed by atoms with Gasteiger partial charge in [0.2, 0.25) is 5.91 Å². The normalized spacial score (nSPS) is 21.5. The van der Waals surface area contributed by atoms with Crippen LogP contribution < -0.4 is 0 Å². The van der Waals surface area contributed by atoms with Gasteiger partial charge in [0, 0.05) is 18.2 Å². The SMILES string of the molecule is CS(=O)(=O)CC(=O)N1CC(F)(c2ccc(C3=NOC(c4ccc(Cl)c(C(F)(F)F)c4)(C(F)(F)F)C3)cc2)C1. The Morgan fingerprint density at radius 1 is 1.05 bits per heavy atom. The number of hydrogen-bond acceptors (Lipinski definition) is 5. The molecule has 2 aromatic carbocycles. The van der Waals surface area contributed by atoms with Crippen molar-refractivity contribution in [3.8, 4) is 0 Å². The Morgan fingerprint density at radius 3 is 2.16 bits per heavy atom. The van der Waals surface area contributed by atoms with E-state index >= 15 is 4.39 Å². The van der Waals surface area contributed by atoms with Gasteiger partial charge < -0.3 is 9.74 Å². The highest BCUT2D eigenvalue weighted by Gasteiger charge is 2.62. The van der Waals surface area contributed by atoms with Crippen LogP contribution in [0.25, 0.3) is 0 Å². The summed E-state index contributed by atoms with van der Waals surface area (Å²) in [6.07, 6.45) is -10.3. The molecule has 1 fully saturated rings. The molecule has 2 heterocycles. The third-order valence-corrected chi connectivity index (χ3v) is 7.38. The molecule has 0 saturated carbocycles. The van der Waals surface area contributed by atoms with Crippen molar-refractivity contribution in [3.05, 3.63) is 69.7 Å². The summed E-state index contributed by atoms with van der Waals surface area (Å²) in [6.45, 7) is -0.805. The molecule has 0 spiro atoms. The van der Waals surface area contributed by atoms with E-state index in [4.69, 9.17) is 16.4 Å². The molecule has 6 nitrogen and oxygen atoms in total. The Bertz CT molecular complexity index is 1400. The Morgan fingerprint density at radius 2 is 1.63 bits per heavy atom. The van der Waals surface area contributed by atoms with Crippen molar-refractivity contribution in [3.63, 3.8) is 0 Å². The lowest BCUT2D eigenvalue weighted by Crippen LogP contribution is -2.59. The first-order chi connectivity index (χ1) is 17.3. The third kappa shape index (κ3) is 5.20. The number of halogens is 8. The number of benzene rings is 2. The van der Waals surface area contributed by atoms with Gasteiger partial charge in [-0.3, -0.25) is 4.79 Å². The van der Waals surface area contributed by atoms with Crippen molar-refractivity contribution in [2.75, 3.05) is 25.1 Å². The molecule has 0 aromatic heterocycles. The van der Waals surface area contributed by atoms with E-state index in [1.165, 1.54) is 24.3 Å². The van der Waals surface area contributed by atoms with Gasteiger partial charge >= 0.3 is 12.4 Å². The zero-order valence-electron chi connectivity index (χ0n) is 19.3. The predicted molar refractivity (Wildman–Crippen MR) is 122 cm³/mol. The lowest BCUT2D eigenvalue weighted by Gasteiger charge is -2.44. The lowest BCUT2D eigenvalue weighted by molar-refractivity contribution is -0.276. The lowest BCUT2D eigenvalue weighted by atomic mass is 9.84. The molecule has 1 atom stereocenters. The van der Waals surface area contributed by atoms with Crippen LogP contribution in [-0.4, -0.2) is 56.2 Å². The number of likely N-dealkylation sites (tertiary alicyclic amines) is 1. The monoisotopic (exact) mass is 586 g/mol. The van der Waals surface area contributed by atoms with Crippen LogP contribution in [0.2, 0.25) is 5.02 Å². The van der Waals surface area contributed by atoms with Crippen molar-refractivity contribution in [1.82, 2.24) is 4.90 Å². The van der Waals surface area contributed by atoms with E-state index in [1.54, 1.807) is 0 Å². The number of oxime groups is 1. The summed E-state index contributed by atoms with van der Waals surface area (Å²) >= 11 is 5.54. The van der Waals surface area contributed by atoms with E-state index in [-0.39, 0.29) is 22.9 Å². The highest BCUT2D eigenvalue weighted by atomic mass is 35.5. The molecule has 15 heteroatoms. The fraction of sp³-hybridized carbons (Fsp3) is 0.391. The molecule has 2 aliphatic heterocycles. The second-order valence-corrected chi connectivity index (χ2v) is 11.7. The molecular formula is C23H18ClF7N2O4S. The number of alkyl halides is 7. The first-order valence-corrected chi connectivity index (χ1v) is 13.2. The molecule has 1 unspecified atom stereocenters. The van der Waals surface area contributed by atoms with Crippen molar-refractivity contribution in [1.29, 1.82) is 0 Å². The Kier molecular flexibility index (Phi) is 6.75. The van der Waals surface area contributed by atoms with Crippen LogP contribution in [0.3, 0.4) is 0 Å². The van der Waals surface area contributed by atoms with E-state index in [0.29, 0.717) is 6.07 Å². The topological polar surface area (TPSA) is 76.0 Å². The fourth-order valence-corrected chi connectivity index (χ4v) is 5.10. The molecule has 0 radical (unpaired) electrons. The van der Waals surface area contributed by atoms with Gasteiger partial charge in [-0.1, -0.05) is 47.1 Å². The van der Waals surface area contributed by atoms with Gasteiger partial charge in [0.05, 0.1) is 29.4 Å². The summed E-state index contributed by atoms with van der Waals surface area (Å²) < 4.78 is 120. The molecule has 206 valence electrons. The largest absolute Gasteiger partial charge is 0.435 e. The molecule has 0 bridgehead atoms. The maximum absolute atomic E-state index is 15.2. The van der Waals surface area contributed by atoms with Crippen LogP contribution >= 0.6 is 11.6 Å². The minimum Gasteiger partial charge on any atom is -0.374 e. The number of rotatable bonds is 5. The zero-order valence-corrected chi connectivity index (χ0v) is 20.9. The molecule has 1 saturated heterocycles. The third-order valence-electron chi connectivity index (χ3n) is 6.28. The average Bonchev–Trinajstić information content (AvgIpc) is 3.22. The summed E-state index contributed by atoms with van der Waals surface area (Å²) in [6, 6.07) is 6.85. The summed E-state index contributed by atoms with van der Waals surface area (Å²) in [7, 11) is -3.59. The Hall–Kier alpha value is -2.87. The number of hydrogen-bond donors (Lipinski definition) is 0. The fourth-order valence-electron chi connectivity index (χ4n) is 4.25. The number of nitrogens with zero attached hydrogens (tertiary/aromatic N) is 2. The van der Waals surface area contributed by atoms with Gasteiger partial charge in [0.25, 0.3) is 5.60 Å². The molecule has 2 aromatic rings. The molecule has 0 N–H and O–H groups in total. The Balaban J connectivity index is 1.54. The zero-order chi connectivity index (χ0) is 28.3. The van der Waals surface area contributed by atoms with Gasteiger partial charge in [-0.15, -0.1) is 0 Å². The van der Waals surface area contributed by atoms with Crippen LogP contribution in [-0.2, 0) is 36.9 Å². The molecule has 1 amide bonds. The van der Waals surface area contributed by atoms with Crippen LogP contribution in [0, 0.1) is 0 Å². The molecule has 38 heavy (non-hydrogen) atoms. The van der Waals surface area contributed by atoms with Gasteiger partial charge in [-0.25, -0.2) is 12.8 Å². The molecular weight excluding hydrogens is 569 g/mol. The number of sulfone groups is 1. The molecule has 0 aliphatic carbocycles. The minimum atomic E-state index is -5.16. The van der Waals surface area contributed by atoms with Crippen molar-refractivity contribution in [2.24, 2.45) is 5.16 Å². The van der Waals surface area contributed by atoms with E-state index in [1.807, 2.05) is 0 Å². The molecule has 2 aliphatic rings. The second kappa shape index (κ2) is 9.11. The maximum atomic E-state index is 15.2. The van der Waals surface area contributed by atoms with Crippen LogP contribution in [0.1, 0.15) is 28.7 Å². The van der Waals surface area contributed by atoms with Crippen LogP contribution in [0.5, 0.6) is 0 Å². The van der Waals surface area contributed by atoms with Crippen molar-refractivity contribution < 1.29 is 48.8 Å². The standard InChI is InChI=1S/C23H18ClF7N2O4S/c1-38(35,36)10-19(34)33-11-20(25,12-33)14-4-2-13(3-5-14)18-9-21(37-32-18,23(29,30)31)15-6-7-17(24)16(8-15)22(26,27)28/h2-8H,9-12H2,1H3. The van der Waals surface area contributed by atoms with Gasteiger partial charge in [0.1, 0.15) is 5.75 Å². The van der Waals surface area contributed by atoms with Crippen LogP contribution in [0.4, 0.5) is 30.7 Å². The van der Waals surface area contributed by atoms with E-state index < -0.39 is 80.8 Å². The Labute approximate surface area is 216 Å². The van der Waals surface area contributed by atoms with E-state index in [0.717, 1.165) is 17.2 Å². The summed E-state index contributed by atoms with van der Waals surface area (Å²) in [4.78, 5) is 17.7. The highest BCUT2D eigenvalue weighted by molar-refractivity contribution is 7.91. The first kappa shape index (κ1) is 28.1. The quantitative estimate of drug-likeness (QED) is 0.463. The number of amides is 1. The van der Waals surface area contributed by atoms with Gasteiger partial charge in [-0.05, 0) is 23.3 Å². The predicted octanol–water partition coefficient (Wildman–Crippen LogP) is 4.99. The number of carbonyl (C=O) groups excluding carboxylic acids is 1. The smallest absolute Gasteiger partial charge is 0.374 e. The van der Waals surface area contributed by atoms with E-state index in [2.05, 4.69) is 5.16 Å². The maximum Gasteiger partial charge on any atom is 0.435 e. The second-order valence-electron chi connectivity index (χ2n) is 9.19.